The summed E-state index contributed by atoms with van der Waals surface area (Å²) in [6.07, 6.45) is -0.225. The van der Waals surface area contributed by atoms with Gasteiger partial charge in [0.2, 0.25) is 0 Å². The second kappa shape index (κ2) is 10.2. The van der Waals surface area contributed by atoms with Gasteiger partial charge in [0, 0.05) is 23.2 Å². The lowest BCUT2D eigenvalue weighted by Crippen LogP contribution is -2.12. The quantitative estimate of drug-likeness (QED) is 0.275. The summed E-state index contributed by atoms with van der Waals surface area (Å²) in [6.45, 7) is 6.97. The Morgan fingerprint density at radius 3 is 2.53 bits per heavy atom. The SMILES string of the molecule is CCn1c(SCc2csc(-c3ccccc3C)n2)nnc1C(C)Oc1ccc(OC)cc1. The molecule has 2 heterocycles. The first-order valence-electron chi connectivity index (χ1n) is 10.5. The minimum absolute atomic E-state index is 0.225. The number of nitrogens with zero attached hydrogens (tertiary/aromatic N) is 4. The molecule has 0 saturated heterocycles. The monoisotopic (exact) mass is 466 g/mol. The van der Waals surface area contributed by atoms with Crippen molar-refractivity contribution in [1.29, 1.82) is 0 Å². The smallest absolute Gasteiger partial charge is 0.191 e. The highest BCUT2D eigenvalue weighted by Gasteiger charge is 2.19. The molecule has 1 unspecified atom stereocenters. The summed E-state index contributed by atoms with van der Waals surface area (Å²) in [4.78, 5) is 4.83. The van der Waals surface area contributed by atoms with Crippen LogP contribution in [0.4, 0.5) is 0 Å². The van der Waals surface area contributed by atoms with Gasteiger partial charge >= 0.3 is 0 Å². The number of methoxy groups -OCH3 is 1. The van der Waals surface area contributed by atoms with Crippen LogP contribution < -0.4 is 9.47 Å². The number of hydrogen-bond donors (Lipinski definition) is 0. The predicted molar refractivity (Wildman–Crippen MR) is 130 cm³/mol. The van der Waals surface area contributed by atoms with Gasteiger partial charge in [-0.25, -0.2) is 4.98 Å². The fraction of sp³-hybridized carbons (Fsp3) is 0.292. The number of rotatable bonds is 9. The summed E-state index contributed by atoms with van der Waals surface area (Å²) in [5, 5.41) is 12.9. The molecule has 2 aromatic carbocycles. The molecule has 0 spiro atoms. The number of aryl methyl sites for hydroxylation is 1. The van der Waals surface area contributed by atoms with Crippen LogP contribution in [-0.4, -0.2) is 26.9 Å². The van der Waals surface area contributed by atoms with Crippen LogP contribution in [-0.2, 0) is 12.3 Å². The van der Waals surface area contributed by atoms with Gasteiger partial charge in [-0.1, -0.05) is 36.0 Å². The van der Waals surface area contributed by atoms with Gasteiger partial charge in [0.05, 0.1) is 12.8 Å². The Morgan fingerprint density at radius 1 is 1.06 bits per heavy atom. The van der Waals surface area contributed by atoms with Crippen molar-refractivity contribution in [2.24, 2.45) is 0 Å². The maximum absolute atomic E-state index is 6.08. The van der Waals surface area contributed by atoms with Crippen molar-refractivity contribution in [3.63, 3.8) is 0 Å². The van der Waals surface area contributed by atoms with Crippen LogP contribution in [0, 0.1) is 6.92 Å². The Bertz CT molecular complexity index is 1170. The number of thioether (sulfide) groups is 1. The molecular formula is C24H26N4O2S2. The van der Waals surface area contributed by atoms with Gasteiger partial charge in [0.1, 0.15) is 16.5 Å². The third-order valence-electron chi connectivity index (χ3n) is 5.07. The molecule has 6 nitrogen and oxygen atoms in total. The van der Waals surface area contributed by atoms with E-state index < -0.39 is 0 Å². The topological polar surface area (TPSA) is 62.1 Å². The Morgan fingerprint density at radius 2 is 1.81 bits per heavy atom. The van der Waals surface area contributed by atoms with Crippen molar-refractivity contribution in [2.75, 3.05) is 7.11 Å². The van der Waals surface area contributed by atoms with E-state index in [0.29, 0.717) is 0 Å². The molecule has 0 amide bonds. The first kappa shape index (κ1) is 22.4. The third kappa shape index (κ3) is 4.97. The average Bonchev–Trinajstić information content (AvgIpc) is 3.45. The van der Waals surface area contributed by atoms with E-state index >= 15 is 0 Å². The van der Waals surface area contributed by atoms with Gasteiger partial charge in [-0.05, 0) is 50.6 Å². The zero-order valence-electron chi connectivity index (χ0n) is 18.6. The van der Waals surface area contributed by atoms with Crippen LogP contribution in [0.1, 0.15) is 37.0 Å². The molecule has 0 aliphatic carbocycles. The van der Waals surface area contributed by atoms with E-state index in [1.165, 1.54) is 11.1 Å². The lowest BCUT2D eigenvalue weighted by atomic mass is 10.1. The summed E-state index contributed by atoms with van der Waals surface area (Å²) in [5.41, 5.74) is 3.48. The second-order valence-corrected chi connectivity index (χ2v) is 9.07. The zero-order valence-corrected chi connectivity index (χ0v) is 20.2. The highest BCUT2D eigenvalue weighted by molar-refractivity contribution is 7.98. The van der Waals surface area contributed by atoms with E-state index in [2.05, 4.69) is 58.3 Å². The van der Waals surface area contributed by atoms with Gasteiger partial charge in [0.15, 0.2) is 17.1 Å². The van der Waals surface area contributed by atoms with E-state index in [1.807, 2.05) is 31.2 Å². The van der Waals surface area contributed by atoms with E-state index in [9.17, 15) is 0 Å². The lowest BCUT2D eigenvalue weighted by molar-refractivity contribution is 0.209. The van der Waals surface area contributed by atoms with Crippen molar-refractivity contribution < 1.29 is 9.47 Å². The minimum Gasteiger partial charge on any atom is -0.497 e. The Balaban J connectivity index is 1.43. The molecule has 32 heavy (non-hydrogen) atoms. The number of thiazole rings is 1. The fourth-order valence-corrected chi connectivity index (χ4v) is 5.28. The molecular weight excluding hydrogens is 440 g/mol. The standard InChI is InChI=1S/C24H26N4O2S2/c1-5-28-22(17(3)30-20-12-10-19(29-4)11-13-20)26-27-24(28)32-15-18-14-31-23(25-18)21-9-7-6-8-16(21)2/h6-14,17H,5,15H2,1-4H3. The number of benzene rings is 2. The number of hydrogen-bond acceptors (Lipinski definition) is 7. The molecule has 4 aromatic rings. The van der Waals surface area contributed by atoms with E-state index in [4.69, 9.17) is 14.5 Å². The van der Waals surface area contributed by atoms with Gasteiger partial charge in [-0.3, -0.25) is 0 Å². The first-order valence-corrected chi connectivity index (χ1v) is 12.3. The lowest BCUT2D eigenvalue weighted by Gasteiger charge is -2.15. The molecule has 0 aliphatic heterocycles. The highest BCUT2D eigenvalue weighted by atomic mass is 32.2. The van der Waals surface area contributed by atoms with Crippen LogP contribution in [0.15, 0.2) is 59.1 Å². The van der Waals surface area contributed by atoms with Crippen LogP contribution >= 0.6 is 23.1 Å². The molecule has 0 saturated carbocycles. The maximum atomic E-state index is 6.08. The summed E-state index contributed by atoms with van der Waals surface area (Å²) in [7, 11) is 1.65. The number of ether oxygens (including phenoxy) is 2. The van der Waals surface area contributed by atoms with Crippen molar-refractivity contribution in [3.8, 4) is 22.1 Å². The first-order chi connectivity index (χ1) is 15.6. The maximum Gasteiger partial charge on any atom is 0.191 e. The van der Waals surface area contributed by atoms with Gasteiger partial charge < -0.3 is 14.0 Å². The van der Waals surface area contributed by atoms with Gasteiger partial charge in [-0.15, -0.1) is 21.5 Å². The molecule has 166 valence electrons. The largest absolute Gasteiger partial charge is 0.497 e. The van der Waals surface area contributed by atoms with E-state index in [-0.39, 0.29) is 6.10 Å². The zero-order chi connectivity index (χ0) is 22.5. The normalized spacial score (nSPS) is 12.0. The Kier molecular flexibility index (Phi) is 7.12. The molecule has 0 bridgehead atoms. The summed E-state index contributed by atoms with van der Waals surface area (Å²) in [6, 6.07) is 15.9. The summed E-state index contributed by atoms with van der Waals surface area (Å²) < 4.78 is 13.4. The molecule has 2 aromatic heterocycles. The van der Waals surface area contributed by atoms with Gasteiger partial charge in [-0.2, -0.15) is 0 Å². The molecule has 0 aliphatic rings. The molecule has 0 fully saturated rings. The van der Waals surface area contributed by atoms with Crippen LogP contribution in [0.25, 0.3) is 10.6 Å². The van der Waals surface area contributed by atoms with E-state index in [1.54, 1.807) is 30.2 Å². The van der Waals surface area contributed by atoms with Crippen LogP contribution in [0.3, 0.4) is 0 Å². The van der Waals surface area contributed by atoms with Crippen molar-refractivity contribution in [3.05, 3.63) is 71.0 Å². The molecule has 1 atom stereocenters. The van der Waals surface area contributed by atoms with Crippen molar-refractivity contribution >= 4 is 23.1 Å². The minimum atomic E-state index is -0.225. The van der Waals surface area contributed by atoms with Crippen molar-refractivity contribution in [2.45, 2.75) is 44.3 Å². The molecule has 8 heteroatoms. The Hall–Kier alpha value is -2.84. The van der Waals surface area contributed by atoms with Crippen LogP contribution in [0.5, 0.6) is 11.5 Å². The Labute approximate surface area is 196 Å². The van der Waals surface area contributed by atoms with Crippen LogP contribution in [0.2, 0.25) is 0 Å². The number of aromatic nitrogens is 4. The highest BCUT2D eigenvalue weighted by Crippen LogP contribution is 2.30. The molecule has 4 rings (SSSR count). The summed E-state index contributed by atoms with van der Waals surface area (Å²) >= 11 is 3.33. The predicted octanol–water partition coefficient (Wildman–Crippen LogP) is 6.17. The second-order valence-electron chi connectivity index (χ2n) is 7.27. The third-order valence-corrected chi connectivity index (χ3v) is 7.00. The molecule has 0 N–H and O–H groups in total. The molecule has 0 radical (unpaired) electrons. The average molecular weight is 467 g/mol. The van der Waals surface area contributed by atoms with Crippen molar-refractivity contribution in [1.82, 2.24) is 19.7 Å². The van der Waals surface area contributed by atoms with E-state index in [0.717, 1.165) is 45.5 Å². The van der Waals surface area contributed by atoms with Gasteiger partial charge in [0.25, 0.3) is 0 Å². The fourth-order valence-electron chi connectivity index (χ4n) is 3.36. The summed E-state index contributed by atoms with van der Waals surface area (Å²) in [5.74, 6) is 3.12.